The first-order valence-corrected chi connectivity index (χ1v) is 9.11. The Balaban J connectivity index is 2.90. The molecule has 25 heavy (non-hydrogen) atoms. The summed E-state index contributed by atoms with van der Waals surface area (Å²) in [4.78, 5) is 36.0. The minimum Gasteiger partial charge on any atom is -0.481 e. The van der Waals surface area contributed by atoms with Gasteiger partial charge >= 0.3 is 11.9 Å². The van der Waals surface area contributed by atoms with Gasteiger partial charge in [-0.1, -0.05) is 39.2 Å². The molecule has 0 saturated heterocycles. The Bertz CT molecular complexity index is 492. The quantitative estimate of drug-likeness (QED) is 0.411. The van der Waals surface area contributed by atoms with Gasteiger partial charge in [0.25, 0.3) is 0 Å². The van der Waals surface area contributed by atoms with E-state index < -0.39 is 22.9 Å². The van der Waals surface area contributed by atoms with Gasteiger partial charge in [-0.3, -0.25) is 9.59 Å². The van der Waals surface area contributed by atoms with Crippen molar-refractivity contribution in [1.29, 1.82) is 0 Å². The van der Waals surface area contributed by atoms with Crippen LogP contribution in [0.5, 0.6) is 0 Å². The van der Waals surface area contributed by atoms with Gasteiger partial charge in [0.05, 0.1) is 0 Å². The summed E-state index contributed by atoms with van der Waals surface area (Å²) in [6, 6.07) is 0. The van der Waals surface area contributed by atoms with Crippen molar-refractivity contribution in [1.82, 2.24) is 0 Å². The molecule has 0 bridgehead atoms. The smallest absolute Gasteiger partial charge is 0.332 e. The van der Waals surface area contributed by atoms with Crippen molar-refractivity contribution in [3.63, 3.8) is 0 Å². The molecule has 0 spiro atoms. The Kier molecular flexibility index (Phi) is 8.83. The summed E-state index contributed by atoms with van der Waals surface area (Å²) in [7, 11) is 0. The number of hydrogen-bond acceptors (Lipinski definition) is 4. The third-order valence-electron chi connectivity index (χ3n) is 5.10. The number of ether oxygens (including phenoxy) is 1. The molecule has 1 rings (SSSR count). The number of ketones is 1. The summed E-state index contributed by atoms with van der Waals surface area (Å²) >= 11 is 0. The second-order valence-electron chi connectivity index (χ2n) is 6.86. The average molecular weight is 354 g/mol. The van der Waals surface area contributed by atoms with Gasteiger partial charge in [0.1, 0.15) is 11.2 Å². The maximum atomic E-state index is 12.6. The molecule has 0 amide bonds. The summed E-state index contributed by atoms with van der Waals surface area (Å²) in [6.07, 6.45) is 5.91. The number of aliphatic carboxylic acids is 2. The summed E-state index contributed by atoms with van der Waals surface area (Å²) < 4.78 is 5.43. The third kappa shape index (κ3) is 5.96. The molecule has 1 fully saturated rings. The monoisotopic (exact) mass is 354 g/mol. The van der Waals surface area contributed by atoms with E-state index in [4.69, 9.17) is 4.74 Å². The summed E-state index contributed by atoms with van der Waals surface area (Å²) in [6.45, 7) is 6.07. The van der Waals surface area contributed by atoms with E-state index in [1.165, 1.54) is 0 Å². The van der Waals surface area contributed by atoms with E-state index in [1.54, 1.807) is 0 Å². The predicted molar refractivity (Wildman–Crippen MR) is 93.4 cm³/mol. The van der Waals surface area contributed by atoms with Gasteiger partial charge in [0, 0.05) is 31.1 Å². The zero-order chi connectivity index (χ0) is 18.9. The van der Waals surface area contributed by atoms with Crippen molar-refractivity contribution in [2.45, 2.75) is 64.7 Å². The molecule has 1 unspecified atom stereocenters. The molecule has 2 N–H and O–H groups in total. The maximum absolute atomic E-state index is 12.6. The van der Waals surface area contributed by atoms with Gasteiger partial charge < -0.3 is 14.9 Å². The van der Waals surface area contributed by atoms with E-state index in [0.717, 1.165) is 44.9 Å². The number of carbonyl (C=O) groups is 3. The number of carboxylic acids is 2. The molecule has 0 aromatic rings. The van der Waals surface area contributed by atoms with Crippen molar-refractivity contribution >= 4 is 17.7 Å². The van der Waals surface area contributed by atoms with Gasteiger partial charge in [0.15, 0.2) is 0 Å². The summed E-state index contributed by atoms with van der Waals surface area (Å²) in [5.74, 6) is -3.04. The van der Waals surface area contributed by atoms with Crippen LogP contribution in [0.2, 0.25) is 0 Å². The highest BCUT2D eigenvalue weighted by Gasteiger charge is 2.46. The minimum atomic E-state index is -1.80. The maximum Gasteiger partial charge on any atom is 0.332 e. The fraction of sp³-hybridized carbons (Fsp3) is 0.737. The van der Waals surface area contributed by atoms with E-state index >= 15 is 0 Å². The van der Waals surface area contributed by atoms with Crippen LogP contribution in [0.1, 0.15) is 64.7 Å². The zero-order valence-electron chi connectivity index (χ0n) is 15.1. The van der Waals surface area contributed by atoms with Crippen LogP contribution in [0.15, 0.2) is 12.2 Å². The first-order valence-electron chi connectivity index (χ1n) is 9.11. The normalized spacial score (nSPS) is 17.6. The lowest BCUT2D eigenvalue weighted by Crippen LogP contribution is -2.40. The minimum absolute atomic E-state index is 0.0599. The fourth-order valence-electron chi connectivity index (χ4n) is 3.32. The van der Waals surface area contributed by atoms with Gasteiger partial charge in [-0.2, -0.15) is 0 Å². The topological polar surface area (TPSA) is 101 Å². The van der Waals surface area contributed by atoms with Crippen LogP contribution in [0.4, 0.5) is 0 Å². The number of unbranched alkanes of at least 4 members (excludes halogenated alkanes) is 1. The van der Waals surface area contributed by atoms with Crippen LogP contribution in [0.3, 0.4) is 0 Å². The molecule has 0 heterocycles. The third-order valence-corrected chi connectivity index (χ3v) is 5.10. The SMILES string of the molecule is C=C(C(=O)O)C(CCOCCCC)(CC(=O)C1CCCCC1)C(=O)O. The molecule has 1 saturated carbocycles. The largest absolute Gasteiger partial charge is 0.481 e. The van der Waals surface area contributed by atoms with Crippen LogP contribution < -0.4 is 0 Å². The lowest BCUT2D eigenvalue weighted by molar-refractivity contribution is -0.153. The number of rotatable bonds is 12. The second kappa shape index (κ2) is 10.3. The second-order valence-corrected chi connectivity index (χ2v) is 6.86. The van der Waals surface area contributed by atoms with E-state index in [1.807, 2.05) is 6.92 Å². The lowest BCUT2D eigenvalue weighted by Gasteiger charge is -2.31. The molecular weight excluding hydrogens is 324 g/mol. The molecule has 0 aromatic carbocycles. The zero-order valence-corrected chi connectivity index (χ0v) is 15.1. The van der Waals surface area contributed by atoms with Crippen LogP contribution in [0, 0.1) is 11.3 Å². The molecule has 6 nitrogen and oxygen atoms in total. The van der Waals surface area contributed by atoms with Crippen molar-refractivity contribution in [3.8, 4) is 0 Å². The van der Waals surface area contributed by atoms with E-state index in [9.17, 15) is 24.6 Å². The van der Waals surface area contributed by atoms with Gasteiger partial charge in [0.2, 0.25) is 0 Å². The number of hydrogen-bond donors (Lipinski definition) is 2. The number of carbonyl (C=O) groups excluding carboxylic acids is 1. The van der Waals surface area contributed by atoms with Gasteiger partial charge in [-0.05, 0) is 25.7 Å². The van der Waals surface area contributed by atoms with Gasteiger partial charge in [-0.25, -0.2) is 4.79 Å². The molecule has 0 aliphatic heterocycles. The highest BCUT2D eigenvalue weighted by molar-refractivity contribution is 5.99. The molecule has 1 aliphatic carbocycles. The fourth-order valence-corrected chi connectivity index (χ4v) is 3.32. The Labute approximate surface area is 149 Å². The standard InChI is InChI=1S/C19H30O6/c1-3-4-11-25-12-10-19(18(23)24,14(2)17(21)22)13-16(20)15-8-6-5-7-9-15/h15H,2-13H2,1H3,(H,21,22)(H,23,24). The first kappa shape index (κ1) is 21.4. The van der Waals surface area contributed by atoms with Crippen molar-refractivity contribution in [2.75, 3.05) is 13.2 Å². The molecule has 1 atom stereocenters. The van der Waals surface area contributed by atoms with Crippen LogP contribution in [-0.4, -0.2) is 41.1 Å². The first-order chi connectivity index (χ1) is 11.8. The molecule has 0 radical (unpaired) electrons. The summed E-state index contributed by atoms with van der Waals surface area (Å²) in [5, 5.41) is 19.1. The summed E-state index contributed by atoms with van der Waals surface area (Å²) in [5.41, 5.74) is -2.24. The van der Waals surface area contributed by atoms with Crippen LogP contribution >= 0.6 is 0 Å². The average Bonchev–Trinajstić information content (AvgIpc) is 2.60. The Morgan fingerprint density at radius 2 is 1.76 bits per heavy atom. The molecule has 0 aromatic heterocycles. The van der Waals surface area contributed by atoms with Crippen molar-refractivity contribution in [3.05, 3.63) is 12.2 Å². The molecule has 142 valence electrons. The Morgan fingerprint density at radius 3 is 2.28 bits per heavy atom. The van der Waals surface area contributed by atoms with Crippen molar-refractivity contribution < 1.29 is 29.3 Å². The van der Waals surface area contributed by atoms with E-state index in [0.29, 0.717) is 6.61 Å². The molecule has 6 heteroatoms. The van der Waals surface area contributed by atoms with Crippen molar-refractivity contribution in [2.24, 2.45) is 11.3 Å². The lowest BCUT2D eigenvalue weighted by atomic mass is 9.71. The highest BCUT2D eigenvalue weighted by atomic mass is 16.5. The highest BCUT2D eigenvalue weighted by Crippen LogP contribution is 2.38. The van der Waals surface area contributed by atoms with Gasteiger partial charge in [-0.15, -0.1) is 0 Å². The Hall–Kier alpha value is -1.69. The predicted octanol–water partition coefficient (Wildman–Crippen LogP) is 3.44. The Morgan fingerprint density at radius 1 is 1.12 bits per heavy atom. The number of carboxylic acid groups (broad SMARTS) is 2. The number of Topliss-reactive ketones (excluding diaryl/α,β-unsaturated/α-hetero) is 1. The van der Waals surface area contributed by atoms with E-state index in [2.05, 4.69) is 6.58 Å². The van der Waals surface area contributed by atoms with Crippen LogP contribution in [-0.2, 0) is 19.1 Å². The van der Waals surface area contributed by atoms with E-state index in [-0.39, 0.29) is 31.1 Å². The molecular formula is C19H30O6. The van der Waals surface area contributed by atoms with Crippen LogP contribution in [0.25, 0.3) is 0 Å². The molecule has 1 aliphatic rings.